The molecule has 2 aromatic heterocycles. The van der Waals surface area contributed by atoms with Gasteiger partial charge in [0.15, 0.2) is 0 Å². The molecule has 1 saturated heterocycles. The lowest BCUT2D eigenvalue weighted by Crippen LogP contribution is -2.50. The highest BCUT2D eigenvalue weighted by Crippen LogP contribution is 2.22. The number of hydrogen-bond donors (Lipinski definition) is 2. The average molecular weight is 374 g/mol. The Morgan fingerprint density at radius 3 is 2.88 bits per heavy atom. The van der Waals surface area contributed by atoms with Gasteiger partial charge in [-0.1, -0.05) is 18.2 Å². The van der Waals surface area contributed by atoms with E-state index in [0.29, 0.717) is 13.1 Å². The predicted molar refractivity (Wildman–Crippen MR) is 101 cm³/mol. The zero-order chi connectivity index (χ0) is 17.2. The van der Waals surface area contributed by atoms with Crippen LogP contribution in [0.1, 0.15) is 11.6 Å². The van der Waals surface area contributed by atoms with Gasteiger partial charge in [-0.3, -0.25) is 14.3 Å². The highest BCUT2D eigenvalue weighted by Gasteiger charge is 2.28. The topological polar surface area (TPSA) is 83.0 Å². The number of halogens is 1. The van der Waals surface area contributed by atoms with E-state index in [4.69, 9.17) is 0 Å². The van der Waals surface area contributed by atoms with Gasteiger partial charge in [0, 0.05) is 32.0 Å². The summed E-state index contributed by atoms with van der Waals surface area (Å²) in [6.45, 7) is 2.06. The Bertz CT molecular complexity index is 953. The smallest absolute Gasteiger partial charge is 0.326 e. The number of rotatable bonds is 3. The third-order valence-electron chi connectivity index (χ3n) is 4.61. The van der Waals surface area contributed by atoms with Crippen LogP contribution in [0.3, 0.4) is 0 Å². The molecular formula is C18H20ClN5O2. The lowest BCUT2D eigenvalue weighted by atomic mass is 10.1. The Labute approximate surface area is 156 Å². The number of imidazole rings is 1. The van der Waals surface area contributed by atoms with Gasteiger partial charge in [-0.2, -0.15) is 0 Å². The van der Waals surface area contributed by atoms with E-state index in [0.717, 1.165) is 23.1 Å². The summed E-state index contributed by atoms with van der Waals surface area (Å²) < 4.78 is 1.50. The van der Waals surface area contributed by atoms with Crippen LogP contribution in [0.5, 0.6) is 0 Å². The molecule has 8 heteroatoms. The number of amides is 1. The van der Waals surface area contributed by atoms with Crippen LogP contribution < -0.4 is 11.0 Å². The normalized spacial score (nSPS) is 17.1. The lowest BCUT2D eigenvalue weighted by molar-refractivity contribution is -0.135. The Morgan fingerprint density at radius 2 is 2.08 bits per heavy atom. The number of carbonyl (C=O) groups excluding carboxylic acids is 1. The van der Waals surface area contributed by atoms with E-state index in [1.54, 1.807) is 12.4 Å². The van der Waals surface area contributed by atoms with E-state index in [1.165, 1.54) is 4.57 Å². The van der Waals surface area contributed by atoms with Gasteiger partial charge in [-0.25, -0.2) is 4.79 Å². The maximum atomic E-state index is 12.9. The molecule has 0 radical (unpaired) electrons. The number of hydrogen-bond acceptors (Lipinski definition) is 4. The molecule has 26 heavy (non-hydrogen) atoms. The van der Waals surface area contributed by atoms with Crippen molar-refractivity contribution in [1.29, 1.82) is 0 Å². The number of para-hydroxylation sites is 2. The number of piperazine rings is 1. The molecular weight excluding hydrogens is 354 g/mol. The zero-order valence-electron chi connectivity index (χ0n) is 14.1. The SMILES string of the molecule is Cl.O=C(Cn1c(=O)[nH]c2ccccc21)N1CCNCC1c1cccnc1. The first-order valence-electron chi connectivity index (χ1n) is 8.32. The summed E-state index contributed by atoms with van der Waals surface area (Å²) in [5.41, 5.74) is 2.22. The second-order valence-corrected chi connectivity index (χ2v) is 6.13. The van der Waals surface area contributed by atoms with Gasteiger partial charge < -0.3 is 15.2 Å². The fourth-order valence-electron chi connectivity index (χ4n) is 3.36. The van der Waals surface area contributed by atoms with E-state index < -0.39 is 0 Å². The first kappa shape index (κ1) is 18.2. The molecule has 136 valence electrons. The van der Waals surface area contributed by atoms with Crippen molar-refractivity contribution in [2.45, 2.75) is 12.6 Å². The van der Waals surface area contributed by atoms with Gasteiger partial charge in [0.2, 0.25) is 5.91 Å². The van der Waals surface area contributed by atoms with Crippen LogP contribution in [0.15, 0.2) is 53.6 Å². The summed E-state index contributed by atoms with van der Waals surface area (Å²) in [4.78, 5) is 34.0. The quantitative estimate of drug-likeness (QED) is 0.725. The van der Waals surface area contributed by atoms with Crippen molar-refractivity contribution >= 4 is 29.3 Å². The summed E-state index contributed by atoms with van der Waals surface area (Å²) in [5, 5.41) is 3.32. The monoisotopic (exact) mass is 373 g/mol. The van der Waals surface area contributed by atoms with Gasteiger partial charge in [0.25, 0.3) is 0 Å². The summed E-state index contributed by atoms with van der Waals surface area (Å²) in [7, 11) is 0. The Hall–Kier alpha value is -2.64. The molecule has 3 heterocycles. The standard InChI is InChI=1S/C18H19N5O2.ClH/c24-17(12-23-15-6-2-1-5-14(15)21-18(23)25)22-9-8-20-11-16(22)13-4-3-7-19-10-13;/h1-7,10,16,20H,8-9,11-12H2,(H,21,25);1H. The number of carbonyl (C=O) groups is 1. The Kier molecular flexibility index (Phi) is 5.39. The van der Waals surface area contributed by atoms with Crippen LogP contribution in [-0.2, 0) is 11.3 Å². The number of fused-ring (bicyclic) bond motifs is 1. The van der Waals surface area contributed by atoms with Gasteiger partial charge in [-0.15, -0.1) is 12.4 Å². The second kappa shape index (κ2) is 7.72. The third kappa shape index (κ3) is 3.36. The molecule has 1 aromatic carbocycles. The Morgan fingerprint density at radius 1 is 1.23 bits per heavy atom. The molecule has 0 aliphatic carbocycles. The third-order valence-corrected chi connectivity index (χ3v) is 4.61. The van der Waals surface area contributed by atoms with Crippen molar-refractivity contribution < 1.29 is 4.79 Å². The highest BCUT2D eigenvalue weighted by atomic mass is 35.5. The number of nitrogens with zero attached hydrogens (tertiary/aromatic N) is 3. The number of aromatic amines is 1. The van der Waals surface area contributed by atoms with E-state index >= 15 is 0 Å². The van der Waals surface area contributed by atoms with Crippen LogP contribution in [0.4, 0.5) is 0 Å². The molecule has 1 fully saturated rings. The maximum Gasteiger partial charge on any atom is 0.326 e. The summed E-state index contributed by atoms with van der Waals surface area (Å²) in [5.74, 6) is -0.0674. The van der Waals surface area contributed by atoms with E-state index in [9.17, 15) is 9.59 Å². The van der Waals surface area contributed by atoms with Crippen LogP contribution >= 0.6 is 12.4 Å². The average Bonchev–Trinajstić information content (AvgIpc) is 2.98. The van der Waals surface area contributed by atoms with E-state index in [1.807, 2.05) is 41.3 Å². The largest absolute Gasteiger partial charge is 0.331 e. The minimum absolute atomic E-state index is 0. The number of nitrogens with one attached hydrogen (secondary N) is 2. The van der Waals surface area contributed by atoms with Gasteiger partial charge in [-0.05, 0) is 23.8 Å². The molecule has 1 amide bonds. The summed E-state index contributed by atoms with van der Waals surface area (Å²) in [6.07, 6.45) is 3.51. The minimum Gasteiger partial charge on any atom is -0.331 e. The van der Waals surface area contributed by atoms with Crippen LogP contribution in [0, 0.1) is 0 Å². The summed E-state index contributed by atoms with van der Waals surface area (Å²) >= 11 is 0. The zero-order valence-corrected chi connectivity index (χ0v) is 14.9. The van der Waals surface area contributed by atoms with E-state index in [2.05, 4.69) is 15.3 Å². The first-order chi connectivity index (χ1) is 12.2. The molecule has 1 unspecified atom stereocenters. The number of pyridine rings is 1. The fraction of sp³-hybridized carbons (Fsp3) is 0.278. The van der Waals surface area contributed by atoms with Crippen molar-refractivity contribution in [3.63, 3.8) is 0 Å². The molecule has 3 aromatic rings. The van der Waals surface area contributed by atoms with Gasteiger partial charge in [0.05, 0.1) is 17.1 Å². The van der Waals surface area contributed by atoms with Crippen molar-refractivity contribution in [3.05, 3.63) is 64.8 Å². The number of H-pyrrole nitrogens is 1. The first-order valence-corrected chi connectivity index (χ1v) is 8.32. The van der Waals surface area contributed by atoms with Crippen LogP contribution in [-0.4, -0.2) is 45.0 Å². The van der Waals surface area contributed by atoms with Gasteiger partial charge >= 0.3 is 5.69 Å². The molecule has 7 nitrogen and oxygen atoms in total. The minimum atomic E-state index is -0.261. The highest BCUT2D eigenvalue weighted by molar-refractivity contribution is 5.85. The fourth-order valence-corrected chi connectivity index (χ4v) is 3.36. The molecule has 1 atom stereocenters. The molecule has 1 aliphatic heterocycles. The number of aromatic nitrogens is 3. The summed E-state index contributed by atoms with van der Waals surface area (Å²) in [6, 6.07) is 11.2. The molecule has 2 N–H and O–H groups in total. The maximum absolute atomic E-state index is 12.9. The van der Waals surface area contributed by atoms with Crippen molar-refractivity contribution in [3.8, 4) is 0 Å². The molecule has 0 saturated carbocycles. The predicted octanol–water partition coefficient (Wildman–Crippen LogP) is 1.32. The lowest BCUT2D eigenvalue weighted by Gasteiger charge is -2.36. The second-order valence-electron chi connectivity index (χ2n) is 6.13. The molecule has 4 rings (SSSR count). The van der Waals surface area contributed by atoms with Crippen molar-refractivity contribution in [2.24, 2.45) is 0 Å². The Balaban J connectivity index is 0.00000196. The molecule has 0 bridgehead atoms. The van der Waals surface area contributed by atoms with Crippen molar-refractivity contribution in [1.82, 2.24) is 24.8 Å². The molecule has 0 spiro atoms. The molecule has 1 aliphatic rings. The number of benzene rings is 1. The van der Waals surface area contributed by atoms with Gasteiger partial charge in [0.1, 0.15) is 6.54 Å². The van der Waals surface area contributed by atoms with Crippen molar-refractivity contribution in [2.75, 3.05) is 19.6 Å². The van der Waals surface area contributed by atoms with Crippen LogP contribution in [0.25, 0.3) is 11.0 Å². The van der Waals surface area contributed by atoms with Crippen LogP contribution in [0.2, 0.25) is 0 Å². The van der Waals surface area contributed by atoms with E-state index in [-0.39, 0.29) is 36.6 Å².